The topological polar surface area (TPSA) is 190 Å². The fourth-order valence-corrected chi connectivity index (χ4v) is 4.88. The number of esters is 5. The van der Waals surface area contributed by atoms with E-state index in [4.69, 9.17) is 33.2 Å². The quantitative estimate of drug-likeness (QED) is 0.269. The van der Waals surface area contributed by atoms with Gasteiger partial charge in [0.15, 0.2) is 24.4 Å². The molecule has 0 unspecified atom stereocenters. The molecule has 2 rings (SSSR count). The Morgan fingerprint density at radius 1 is 0.711 bits per heavy atom. The average molecular weight is 549 g/mol. The molecule has 0 spiro atoms. The molecule has 14 nitrogen and oxygen atoms in total. The van der Waals surface area contributed by atoms with E-state index >= 15 is 0 Å². The Balaban J connectivity index is 2.47. The summed E-state index contributed by atoms with van der Waals surface area (Å²) in [5, 5.41) is 21.9. The summed E-state index contributed by atoms with van der Waals surface area (Å²) in [6.07, 6.45) is -11.0. The number of carbonyl (C=O) groups is 5. The van der Waals surface area contributed by atoms with Gasteiger partial charge >= 0.3 is 29.8 Å². The van der Waals surface area contributed by atoms with Crippen LogP contribution in [0.2, 0.25) is 0 Å². The predicted molar refractivity (Wildman–Crippen MR) is 123 cm³/mol. The molecule has 0 bridgehead atoms. The molecule has 1 saturated heterocycles. The van der Waals surface area contributed by atoms with Crippen LogP contribution in [0.4, 0.5) is 0 Å². The lowest BCUT2D eigenvalue weighted by atomic mass is 9.75. The smallest absolute Gasteiger partial charge is 0.303 e. The lowest BCUT2D eigenvalue weighted by molar-refractivity contribution is -0.260. The molecule has 2 N–H and O–H groups in total. The fourth-order valence-electron chi connectivity index (χ4n) is 4.88. The lowest BCUT2D eigenvalue weighted by Crippen LogP contribution is -2.64. The minimum absolute atomic E-state index is 0.00144. The Morgan fingerprint density at radius 3 is 1.66 bits per heavy atom. The van der Waals surface area contributed by atoms with Crippen molar-refractivity contribution in [2.24, 2.45) is 5.92 Å². The van der Waals surface area contributed by atoms with Crippen LogP contribution in [-0.4, -0.2) is 109 Å². The van der Waals surface area contributed by atoms with Gasteiger partial charge in [0.1, 0.15) is 12.7 Å². The predicted octanol–water partition coefficient (Wildman–Crippen LogP) is -0.809. The molecule has 0 amide bonds. The average Bonchev–Trinajstić information content (AvgIpc) is 2.79. The molecule has 14 heteroatoms. The van der Waals surface area contributed by atoms with Crippen LogP contribution < -0.4 is 0 Å². The monoisotopic (exact) mass is 548 g/mol. The molecule has 38 heavy (non-hydrogen) atoms. The Morgan fingerprint density at radius 2 is 1.18 bits per heavy atom. The van der Waals surface area contributed by atoms with E-state index in [1.807, 2.05) is 0 Å². The van der Waals surface area contributed by atoms with Gasteiger partial charge in [-0.15, -0.1) is 0 Å². The number of aliphatic hydroxyl groups is 2. The summed E-state index contributed by atoms with van der Waals surface area (Å²) in [5.41, 5.74) is 0. The van der Waals surface area contributed by atoms with Gasteiger partial charge < -0.3 is 43.4 Å². The van der Waals surface area contributed by atoms with E-state index in [0.29, 0.717) is 0 Å². The second-order valence-electron chi connectivity index (χ2n) is 9.28. The van der Waals surface area contributed by atoms with Gasteiger partial charge in [0, 0.05) is 54.1 Å². The number of rotatable bonds is 9. The highest BCUT2D eigenvalue weighted by Gasteiger charge is 2.54. The molecule has 0 aromatic carbocycles. The first kappa shape index (κ1) is 31.4. The number of aliphatic hydroxyl groups excluding tert-OH is 2. The standard InChI is InChI=1S/C24H36O14/c1-10(25)33-9-19-23(36-13(4)28)24(37-14(5)29)22(35-12(3)27)18(38-19)7-15-16(30)8-17(32-6)21(20(15)31)34-11(2)26/h15-24,30-31H,7-9H2,1-6H3/t15-,16-,17+,18-,19-,20+,21+,22+,23+,24-/m1/s1. The third-order valence-corrected chi connectivity index (χ3v) is 6.31. The van der Waals surface area contributed by atoms with E-state index < -0.39 is 97.3 Å². The van der Waals surface area contributed by atoms with Crippen molar-refractivity contribution in [3.05, 3.63) is 0 Å². The Labute approximate surface area is 219 Å². The number of hydrogen-bond acceptors (Lipinski definition) is 14. The largest absolute Gasteiger partial charge is 0.463 e. The molecule has 2 fully saturated rings. The first-order valence-electron chi connectivity index (χ1n) is 12.1. The maximum Gasteiger partial charge on any atom is 0.303 e. The van der Waals surface area contributed by atoms with E-state index in [9.17, 15) is 34.2 Å². The van der Waals surface area contributed by atoms with Crippen molar-refractivity contribution >= 4 is 29.8 Å². The van der Waals surface area contributed by atoms with Crippen LogP contribution in [0, 0.1) is 5.92 Å². The molecule has 0 aromatic rings. The van der Waals surface area contributed by atoms with Crippen molar-refractivity contribution in [2.75, 3.05) is 13.7 Å². The normalized spacial score (nSPS) is 34.9. The van der Waals surface area contributed by atoms with Crippen molar-refractivity contribution in [2.45, 2.75) is 102 Å². The second-order valence-corrected chi connectivity index (χ2v) is 9.28. The van der Waals surface area contributed by atoms with E-state index in [1.165, 1.54) is 14.0 Å². The highest BCUT2D eigenvalue weighted by atomic mass is 16.7. The van der Waals surface area contributed by atoms with Crippen molar-refractivity contribution in [3.8, 4) is 0 Å². The van der Waals surface area contributed by atoms with Gasteiger partial charge in [-0.3, -0.25) is 24.0 Å². The molecule has 1 heterocycles. The van der Waals surface area contributed by atoms with Crippen LogP contribution >= 0.6 is 0 Å². The van der Waals surface area contributed by atoms with Gasteiger partial charge in [0.25, 0.3) is 0 Å². The summed E-state index contributed by atoms with van der Waals surface area (Å²) in [6, 6.07) is 0. The lowest BCUT2D eigenvalue weighted by Gasteiger charge is -2.47. The minimum Gasteiger partial charge on any atom is -0.463 e. The second kappa shape index (κ2) is 13.8. The van der Waals surface area contributed by atoms with Crippen molar-refractivity contribution < 1.29 is 67.3 Å². The van der Waals surface area contributed by atoms with E-state index in [0.717, 1.165) is 27.7 Å². The Kier molecular flexibility index (Phi) is 11.4. The third-order valence-electron chi connectivity index (χ3n) is 6.31. The molecule has 1 aliphatic carbocycles. The van der Waals surface area contributed by atoms with Crippen LogP contribution in [0.5, 0.6) is 0 Å². The summed E-state index contributed by atoms with van der Waals surface area (Å²) in [5.74, 6) is -4.64. The zero-order chi connectivity index (χ0) is 28.7. The summed E-state index contributed by atoms with van der Waals surface area (Å²) >= 11 is 0. The molecular weight excluding hydrogens is 512 g/mol. The highest BCUT2D eigenvalue weighted by Crippen LogP contribution is 2.37. The van der Waals surface area contributed by atoms with Gasteiger partial charge in [0.05, 0.1) is 24.4 Å². The van der Waals surface area contributed by atoms with Crippen LogP contribution in [0.3, 0.4) is 0 Å². The number of methoxy groups -OCH3 is 1. The third kappa shape index (κ3) is 8.35. The molecule has 216 valence electrons. The van der Waals surface area contributed by atoms with Crippen LogP contribution in [0.1, 0.15) is 47.5 Å². The van der Waals surface area contributed by atoms with E-state index in [2.05, 4.69) is 0 Å². The summed E-state index contributed by atoms with van der Waals surface area (Å²) in [6.45, 7) is 5.23. The van der Waals surface area contributed by atoms with Gasteiger partial charge in [-0.1, -0.05) is 0 Å². The van der Waals surface area contributed by atoms with Crippen molar-refractivity contribution in [1.82, 2.24) is 0 Å². The summed E-state index contributed by atoms with van der Waals surface area (Å²) < 4.78 is 37.8. The van der Waals surface area contributed by atoms with Crippen LogP contribution in [0.25, 0.3) is 0 Å². The SMILES string of the molecule is CO[C@H]1C[C@@H](O)[C@@H](C[C@H]2O[C@H](COC(C)=O)[C@H](OC(C)=O)[C@H](OC(C)=O)[C@H]2OC(C)=O)[C@H](O)[C@H]1OC(C)=O. The first-order valence-corrected chi connectivity index (χ1v) is 12.1. The van der Waals surface area contributed by atoms with Crippen molar-refractivity contribution in [1.29, 1.82) is 0 Å². The molecule has 0 aromatic heterocycles. The van der Waals surface area contributed by atoms with E-state index in [1.54, 1.807) is 0 Å². The van der Waals surface area contributed by atoms with Crippen LogP contribution in [0.15, 0.2) is 0 Å². The minimum atomic E-state index is -1.42. The number of carbonyl (C=O) groups excluding carboxylic acids is 5. The van der Waals surface area contributed by atoms with Gasteiger partial charge in [-0.25, -0.2) is 0 Å². The van der Waals surface area contributed by atoms with Gasteiger partial charge in [-0.05, 0) is 6.42 Å². The zero-order valence-electron chi connectivity index (χ0n) is 22.2. The first-order chi connectivity index (χ1) is 17.7. The van der Waals surface area contributed by atoms with Gasteiger partial charge in [0.2, 0.25) is 0 Å². The molecule has 1 saturated carbocycles. The fraction of sp³-hybridized carbons (Fsp3) is 0.792. The Bertz CT molecular complexity index is 874. The molecule has 10 atom stereocenters. The highest BCUT2D eigenvalue weighted by molar-refractivity contribution is 5.69. The van der Waals surface area contributed by atoms with Crippen LogP contribution in [-0.2, 0) is 57.1 Å². The Hall–Kier alpha value is -2.81. The molecular formula is C24H36O14. The molecule has 0 radical (unpaired) electrons. The summed E-state index contributed by atoms with van der Waals surface area (Å²) in [4.78, 5) is 59.0. The zero-order valence-corrected chi connectivity index (χ0v) is 22.2. The van der Waals surface area contributed by atoms with Crippen molar-refractivity contribution in [3.63, 3.8) is 0 Å². The summed E-state index contributed by atoms with van der Waals surface area (Å²) in [7, 11) is 1.35. The molecule has 2 aliphatic rings. The van der Waals surface area contributed by atoms with E-state index in [-0.39, 0.29) is 12.8 Å². The number of ether oxygens (including phenoxy) is 7. The maximum absolute atomic E-state index is 12.0. The van der Waals surface area contributed by atoms with Gasteiger partial charge in [-0.2, -0.15) is 0 Å². The maximum atomic E-state index is 12.0. The molecule has 1 aliphatic heterocycles. The number of hydrogen-bond donors (Lipinski definition) is 2.